The first-order valence-corrected chi connectivity index (χ1v) is 13.6. The Balaban J connectivity index is 1.35. The highest BCUT2D eigenvalue weighted by atomic mass is 14.9. The fourth-order valence-corrected chi connectivity index (χ4v) is 9.56. The molecule has 1 saturated heterocycles. The van der Waals surface area contributed by atoms with Gasteiger partial charge in [0, 0.05) is 12.1 Å². The molecule has 2 nitrogen and oxygen atoms in total. The first-order chi connectivity index (χ1) is 14.7. The van der Waals surface area contributed by atoms with Crippen molar-refractivity contribution in [2.45, 2.75) is 111 Å². The second-order valence-electron chi connectivity index (χ2n) is 13.0. The molecule has 0 bridgehead atoms. The van der Waals surface area contributed by atoms with Crippen LogP contribution in [-0.2, 0) is 0 Å². The van der Waals surface area contributed by atoms with Gasteiger partial charge in [-0.05, 0) is 125 Å². The van der Waals surface area contributed by atoms with Crippen molar-refractivity contribution in [2.24, 2.45) is 46.2 Å². The molecule has 4 fully saturated rings. The third-order valence-corrected chi connectivity index (χ3v) is 11.3. The predicted molar refractivity (Wildman–Crippen MR) is 132 cm³/mol. The summed E-state index contributed by atoms with van der Waals surface area (Å²) in [5.74, 6) is 4.25. The van der Waals surface area contributed by atoms with Crippen molar-refractivity contribution >= 4 is 0 Å². The van der Waals surface area contributed by atoms with Gasteiger partial charge in [-0.25, -0.2) is 0 Å². The molecular weight excluding hydrogens is 376 g/mol. The Hall–Kier alpha value is -0.600. The minimum absolute atomic E-state index is 0.452. The third kappa shape index (κ3) is 3.50. The quantitative estimate of drug-likeness (QED) is 0.500. The maximum Gasteiger partial charge on any atom is 0.0285 e. The van der Waals surface area contributed by atoms with E-state index in [4.69, 9.17) is 5.73 Å². The zero-order chi connectivity index (χ0) is 22.0. The molecule has 0 aromatic heterocycles. The summed E-state index contributed by atoms with van der Waals surface area (Å²) in [7, 11) is 0. The number of fused-ring (bicyclic) bond motifs is 5. The lowest BCUT2D eigenvalue weighted by Crippen LogP contribution is -2.51. The molecule has 31 heavy (non-hydrogen) atoms. The maximum atomic E-state index is 6.39. The molecule has 2 heteroatoms. The van der Waals surface area contributed by atoms with Crippen LogP contribution in [0, 0.1) is 40.4 Å². The largest absolute Gasteiger partial charge is 0.328 e. The van der Waals surface area contributed by atoms with Crippen molar-refractivity contribution in [3.05, 3.63) is 22.8 Å². The monoisotopic (exact) mass is 424 g/mol. The molecule has 0 radical (unpaired) electrons. The molecule has 174 valence electrons. The Kier molecular flexibility index (Phi) is 5.74. The number of hydrogen-bond donors (Lipinski definition) is 2. The second kappa shape index (κ2) is 8.01. The van der Waals surface area contributed by atoms with Crippen molar-refractivity contribution < 1.29 is 0 Å². The van der Waals surface area contributed by atoms with Crippen LogP contribution < -0.4 is 11.1 Å². The van der Waals surface area contributed by atoms with Crippen LogP contribution in [-0.4, -0.2) is 18.6 Å². The van der Waals surface area contributed by atoms with Gasteiger partial charge >= 0.3 is 0 Å². The molecule has 5 aliphatic rings. The molecule has 1 aliphatic heterocycles. The van der Waals surface area contributed by atoms with E-state index in [-0.39, 0.29) is 0 Å². The number of hydrogen-bond acceptors (Lipinski definition) is 2. The molecule has 1 heterocycles. The summed E-state index contributed by atoms with van der Waals surface area (Å²) in [6.45, 7) is 13.7. The number of nitrogens with one attached hydrogen (secondary N) is 1. The molecule has 9 atom stereocenters. The van der Waals surface area contributed by atoms with E-state index >= 15 is 0 Å². The van der Waals surface area contributed by atoms with Gasteiger partial charge in [0.15, 0.2) is 0 Å². The third-order valence-electron chi connectivity index (χ3n) is 11.3. The molecule has 0 spiro atoms. The van der Waals surface area contributed by atoms with E-state index in [1.54, 1.807) is 11.1 Å². The van der Waals surface area contributed by atoms with Gasteiger partial charge in [-0.2, -0.15) is 0 Å². The normalized spacial score (nSPS) is 47.9. The molecular formula is C29H48N2. The maximum absolute atomic E-state index is 6.39. The van der Waals surface area contributed by atoms with Crippen LogP contribution in [0.3, 0.4) is 0 Å². The Morgan fingerprint density at radius 2 is 1.84 bits per heavy atom. The van der Waals surface area contributed by atoms with E-state index in [0.29, 0.717) is 22.9 Å². The van der Waals surface area contributed by atoms with Crippen molar-refractivity contribution in [3.8, 4) is 0 Å². The van der Waals surface area contributed by atoms with E-state index in [9.17, 15) is 0 Å². The van der Waals surface area contributed by atoms with Gasteiger partial charge in [-0.3, -0.25) is 0 Å². The second-order valence-corrected chi connectivity index (χ2v) is 13.0. The summed E-state index contributed by atoms with van der Waals surface area (Å²) >= 11 is 0. The fourth-order valence-electron chi connectivity index (χ4n) is 9.56. The Labute approximate surface area is 191 Å². The van der Waals surface area contributed by atoms with Gasteiger partial charge in [0.2, 0.25) is 0 Å². The average molecular weight is 425 g/mol. The highest BCUT2D eigenvalue weighted by Gasteiger charge is 2.58. The molecule has 4 aliphatic carbocycles. The molecule has 0 aromatic carbocycles. The van der Waals surface area contributed by atoms with Gasteiger partial charge in [0.05, 0.1) is 0 Å². The SMILES string of the molecule is CC(C)=C1CCNC1C[C@@H](C)[C@H]1CC[C@H]2C3=CC[C@H]4C[C@H](N)CC[C@]4(C)[C@H]3CC[C@]12C. The Morgan fingerprint density at radius 3 is 2.61 bits per heavy atom. The lowest BCUT2D eigenvalue weighted by atomic mass is 9.47. The van der Waals surface area contributed by atoms with Crippen LogP contribution in [0.2, 0.25) is 0 Å². The standard InChI is InChI=1S/C29H48N2/c1-18(2)22-12-15-31-27(22)16-19(3)24-8-9-25-23-7-6-20-17-21(30)10-13-28(20,4)26(23)11-14-29(24,25)5/h7,19-21,24-27,31H,6,8-17,30H2,1-5H3/t19-,20+,21-,24-,25+,26+,27?,28+,29-/m1/s1. The molecule has 5 rings (SSSR count). The smallest absolute Gasteiger partial charge is 0.0285 e. The van der Waals surface area contributed by atoms with Crippen LogP contribution in [0.15, 0.2) is 22.8 Å². The summed E-state index contributed by atoms with van der Waals surface area (Å²) in [6, 6.07) is 1.09. The average Bonchev–Trinajstić information content (AvgIpc) is 3.32. The summed E-state index contributed by atoms with van der Waals surface area (Å²) in [5.41, 5.74) is 12.6. The van der Waals surface area contributed by atoms with Crippen molar-refractivity contribution in [3.63, 3.8) is 0 Å². The zero-order valence-electron chi connectivity index (χ0n) is 21.0. The molecule has 3 N–H and O–H groups in total. The van der Waals surface area contributed by atoms with Crippen LogP contribution >= 0.6 is 0 Å². The molecule has 1 unspecified atom stereocenters. The van der Waals surface area contributed by atoms with Crippen molar-refractivity contribution in [1.29, 1.82) is 0 Å². The summed E-state index contributed by atoms with van der Waals surface area (Å²) in [5, 5.41) is 3.83. The fraction of sp³-hybridized carbons (Fsp3) is 0.862. The van der Waals surface area contributed by atoms with Crippen LogP contribution in [0.4, 0.5) is 0 Å². The van der Waals surface area contributed by atoms with Crippen LogP contribution in [0.1, 0.15) is 98.8 Å². The van der Waals surface area contributed by atoms with E-state index in [1.807, 2.05) is 5.57 Å². The Bertz CT molecular complexity index is 761. The molecule has 0 aromatic rings. The summed E-state index contributed by atoms with van der Waals surface area (Å²) in [4.78, 5) is 0. The van der Waals surface area contributed by atoms with Crippen molar-refractivity contribution in [1.82, 2.24) is 5.32 Å². The topological polar surface area (TPSA) is 38.0 Å². The highest BCUT2D eigenvalue weighted by molar-refractivity contribution is 5.28. The number of allylic oxidation sites excluding steroid dienone is 3. The van der Waals surface area contributed by atoms with Crippen molar-refractivity contribution in [2.75, 3.05) is 6.54 Å². The van der Waals surface area contributed by atoms with Gasteiger partial charge in [-0.15, -0.1) is 0 Å². The van der Waals surface area contributed by atoms with Gasteiger partial charge < -0.3 is 11.1 Å². The van der Waals surface area contributed by atoms with E-state index in [1.165, 1.54) is 70.8 Å². The van der Waals surface area contributed by atoms with Crippen LogP contribution in [0.25, 0.3) is 0 Å². The predicted octanol–water partition coefficient (Wildman–Crippen LogP) is 6.62. The minimum Gasteiger partial charge on any atom is -0.328 e. The van der Waals surface area contributed by atoms with Gasteiger partial charge in [0.25, 0.3) is 0 Å². The van der Waals surface area contributed by atoms with E-state index in [2.05, 4.69) is 46.0 Å². The molecule has 3 saturated carbocycles. The summed E-state index contributed by atoms with van der Waals surface area (Å²) in [6.07, 6.45) is 16.3. The highest BCUT2D eigenvalue weighted by Crippen LogP contribution is 2.66. The summed E-state index contributed by atoms with van der Waals surface area (Å²) < 4.78 is 0. The van der Waals surface area contributed by atoms with Gasteiger partial charge in [0.1, 0.15) is 0 Å². The minimum atomic E-state index is 0.452. The number of nitrogens with two attached hydrogens (primary N) is 1. The molecule has 0 amide bonds. The number of rotatable bonds is 3. The first kappa shape index (κ1) is 22.2. The lowest BCUT2D eigenvalue weighted by Gasteiger charge is -2.58. The lowest BCUT2D eigenvalue weighted by molar-refractivity contribution is -0.0121. The zero-order valence-corrected chi connectivity index (χ0v) is 21.0. The van der Waals surface area contributed by atoms with Gasteiger partial charge in [-0.1, -0.05) is 43.6 Å². The van der Waals surface area contributed by atoms with E-state index < -0.39 is 0 Å². The van der Waals surface area contributed by atoms with E-state index in [0.717, 1.165) is 29.6 Å². The Morgan fingerprint density at radius 1 is 1.10 bits per heavy atom. The van der Waals surface area contributed by atoms with Crippen LogP contribution in [0.5, 0.6) is 0 Å². The first-order valence-electron chi connectivity index (χ1n) is 13.6.